The lowest BCUT2D eigenvalue weighted by molar-refractivity contribution is -0.507. The van der Waals surface area contributed by atoms with E-state index in [-0.39, 0.29) is 11.5 Å². The van der Waals surface area contributed by atoms with Crippen molar-refractivity contribution in [1.82, 2.24) is 15.2 Å². The third-order valence-corrected chi connectivity index (χ3v) is 9.34. The van der Waals surface area contributed by atoms with Crippen LogP contribution in [0.25, 0.3) is 21.8 Å². The van der Waals surface area contributed by atoms with Crippen LogP contribution in [0.1, 0.15) is 27.7 Å². The molecule has 2 N–H and O–H groups in total. The van der Waals surface area contributed by atoms with Gasteiger partial charge in [0.1, 0.15) is 5.01 Å². The van der Waals surface area contributed by atoms with Crippen LogP contribution in [0.3, 0.4) is 0 Å². The molecule has 0 radical (unpaired) electrons. The van der Waals surface area contributed by atoms with Crippen LogP contribution in [-0.4, -0.2) is 41.4 Å². The van der Waals surface area contributed by atoms with E-state index in [0.717, 1.165) is 27.4 Å². The summed E-state index contributed by atoms with van der Waals surface area (Å²) in [6, 6.07) is 22.3. The number of amides is 1. The number of nitrogens with zero attached hydrogens (tertiary/aromatic N) is 3. The zero-order valence-corrected chi connectivity index (χ0v) is 23.9. The third-order valence-electron chi connectivity index (χ3n) is 6.83. The Bertz CT molecular complexity index is 1890. The van der Waals surface area contributed by atoms with Crippen molar-refractivity contribution in [3.8, 4) is 21.8 Å². The number of aliphatic imine (C=N–C) groups is 1. The van der Waals surface area contributed by atoms with Gasteiger partial charge in [0, 0.05) is 32.6 Å². The van der Waals surface area contributed by atoms with E-state index in [1.807, 2.05) is 64.7 Å². The molecule has 0 fully saturated rings. The average Bonchev–Trinajstić information content (AvgIpc) is 3.73. The van der Waals surface area contributed by atoms with Crippen LogP contribution in [0.4, 0.5) is 0 Å². The highest BCUT2D eigenvalue weighted by Gasteiger charge is 2.40. The van der Waals surface area contributed by atoms with E-state index in [1.165, 1.54) is 36.4 Å². The van der Waals surface area contributed by atoms with Crippen molar-refractivity contribution < 1.29 is 23.0 Å². The molecule has 1 amide bonds. The number of aromatic nitrogens is 1. The fraction of sp³-hybridized carbons (Fsp3) is 0.100. The van der Waals surface area contributed by atoms with Crippen molar-refractivity contribution >= 4 is 33.2 Å². The zero-order chi connectivity index (χ0) is 30.0. The Balaban J connectivity index is 1.15. The first-order valence-corrected chi connectivity index (χ1v) is 15.5. The molecule has 3 atom stereocenters. The molecule has 2 heterocycles. The largest absolute Gasteiger partial charge is 0.386 e. The van der Waals surface area contributed by atoms with Crippen molar-refractivity contribution in [2.45, 2.75) is 17.5 Å². The second-order valence-electron chi connectivity index (χ2n) is 9.65. The van der Waals surface area contributed by atoms with Crippen molar-refractivity contribution in [2.24, 2.45) is 4.99 Å². The lowest BCUT2D eigenvalue weighted by Crippen LogP contribution is -2.46. The molecule has 0 saturated carbocycles. The number of hydroxylamine groups is 1. The molecule has 4 aromatic rings. The highest BCUT2D eigenvalue weighted by atomic mass is 32.2. The van der Waals surface area contributed by atoms with Crippen LogP contribution < -0.4 is 10.2 Å². The second kappa shape index (κ2) is 11.7. The van der Waals surface area contributed by atoms with Crippen LogP contribution in [0, 0.1) is 10.1 Å². The molecule has 3 aromatic carbocycles. The molecule has 43 heavy (non-hydrogen) atoms. The summed E-state index contributed by atoms with van der Waals surface area (Å²) in [5.41, 5.74) is 7.06. The maximum atomic E-state index is 12.9. The number of carbonyl (C=O) groups excluding carboxylic acids is 1. The molecule has 0 bridgehead atoms. The number of benzene rings is 3. The molecule has 1 aromatic heterocycles. The first-order chi connectivity index (χ1) is 20.8. The summed E-state index contributed by atoms with van der Waals surface area (Å²) >= 11 is 1.58. The fourth-order valence-corrected chi connectivity index (χ4v) is 6.82. The monoisotopic (exact) mass is 613 g/mol. The number of hydrogen-bond acceptors (Lipinski definition) is 10. The molecule has 1 aliphatic carbocycles. The summed E-state index contributed by atoms with van der Waals surface area (Å²) in [5.74, 6) is -0.713. The highest BCUT2D eigenvalue weighted by molar-refractivity contribution is 7.90. The number of hydrogen-bond donors (Lipinski definition) is 2. The minimum Gasteiger partial charge on any atom is -0.386 e. The first-order valence-electron chi connectivity index (χ1n) is 13.0. The minimum atomic E-state index is -4.40. The molecule has 11 nitrogen and oxygen atoms in total. The van der Waals surface area contributed by atoms with Gasteiger partial charge in [0.2, 0.25) is 15.9 Å². The Morgan fingerprint density at radius 3 is 2.47 bits per heavy atom. The summed E-state index contributed by atoms with van der Waals surface area (Å²) in [6.45, 7) is 0. The van der Waals surface area contributed by atoms with Crippen LogP contribution in [0.15, 0.2) is 114 Å². The lowest BCUT2D eigenvalue weighted by atomic mass is 10.1. The number of rotatable bonds is 8. The van der Waals surface area contributed by atoms with Gasteiger partial charge < -0.3 is 4.84 Å². The summed E-state index contributed by atoms with van der Waals surface area (Å²) in [7, 11) is -4.40. The van der Waals surface area contributed by atoms with Crippen molar-refractivity contribution in [3.63, 3.8) is 0 Å². The predicted molar refractivity (Wildman–Crippen MR) is 162 cm³/mol. The van der Waals surface area contributed by atoms with Gasteiger partial charge >= 0.3 is 0 Å². The topological polar surface area (TPSA) is 153 Å². The first kappa shape index (κ1) is 28.2. The number of sulfonamides is 1. The standard InChI is InChI=1S/C30H23N5O6S2/c36-28(34-43(39,40)26-12-5-4-11-25(26)35(37)38)22-9-6-10-23(17-22)29-32-27(33-41-29)20-15-13-19(14-16-20)24-18-42-30(31-24)21-7-2-1-3-8-21/h1-18,25-27,33H,(H,34,36). The highest BCUT2D eigenvalue weighted by Crippen LogP contribution is 2.30. The number of nitro groups is 1. The fourth-order valence-electron chi connectivity index (χ4n) is 4.62. The Morgan fingerprint density at radius 2 is 1.70 bits per heavy atom. The lowest BCUT2D eigenvalue weighted by Gasteiger charge is -2.18. The summed E-state index contributed by atoms with van der Waals surface area (Å²) in [5, 5.41) is 12.8. The van der Waals surface area contributed by atoms with Gasteiger partial charge in [0.25, 0.3) is 11.9 Å². The smallest absolute Gasteiger partial charge is 0.264 e. The van der Waals surface area contributed by atoms with E-state index < -0.39 is 38.3 Å². The average molecular weight is 614 g/mol. The molecular formula is C30H23N5O6S2. The predicted octanol–water partition coefficient (Wildman–Crippen LogP) is 4.66. The summed E-state index contributed by atoms with van der Waals surface area (Å²) in [6.07, 6.45) is 4.62. The SMILES string of the molecule is O=C(NS(=O)(=O)C1C=CC=CC1[N+](=O)[O-])c1cccc(C2=NC(c3ccc(-c4csc(-c5ccccc5)n4)cc3)NO2)c1. The zero-order valence-electron chi connectivity index (χ0n) is 22.2. The second-order valence-corrected chi connectivity index (χ2v) is 12.3. The van der Waals surface area contributed by atoms with Gasteiger partial charge in [-0.3, -0.25) is 14.9 Å². The number of carbonyl (C=O) groups is 1. The minimum absolute atomic E-state index is 0.0197. The maximum absolute atomic E-state index is 12.9. The van der Waals surface area contributed by atoms with E-state index in [4.69, 9.17) is 9.82 Å². The van der Waals surface area contributed by atoms with Gasteiger partial charge in [-0.2, -0.15) is 0 Å². The molecule has 2 aliphatic rings. The Kier molecular flexibility index (Phi) is 7.67. The van der Waals surface area contributed by atoms with Gasteiger partial charge in [-0.15, -0.1) is 16.8 Å². The third kappa shape index (κ3) is 6.00. The van der Waals surface area contributed by atoms with Gasteiger partial charge in [-0.05, 0) is 29.8 Å². The molecule has 6 rings (SSSR count). The van der Waals surface area contributed by atoms with E-state index in [2.05, 4.69) is 10.5 Å². The van der Waals surface area contributed by atoms with E-state index in [9.17, 15) is 23.3 Å². The Morgan fingerprint density at radius 1 is 0.953 bits per heavy atom. The molecule has 13 heteroatoms. The van der Waals surface area contributed by atoms with Gasteiger partial charge in [-0.1, -0.05) is 78.9 Å². The van der Waals surface area contributed by atoms with Crippen LogP contribution >= 0.6 is 11.3 Å². The number of allylic oxidation sites excluding steroid dienone is 2. The molecule has 0 saturated heterocycles. The van der Waals surface area contributed by atoms with Crippen LogP contribution in [-0.2, 0) is 14.9 Å². The summed E-state index contributed by atoms with van der Waals surface area (Å²) < 4.78 is 27.6. The number of nitrogens with one attached hydrogen (secondary N) is 2. The molecular weight excluding hydrogens is 590 g/mol. The maximum Gasteiger partial charge on any atom is 0.264 e. The van der Waals surface area contributed by atoms with E-state index >= 15 is 0 Å². The molecule has 1 aliphatic heterocycles. The van der Waals surface area contributed by atoms with Crippen molar-refractivity contribution in [2.75, 3.05) is 0 Å². The summed E-state index contributed by atoms with van der Waals surface area (Å²) in [4.78, 5) is 38.4. The van der Waals surface area contributed by atoms with Gasteiger partial charge in [0.15, 0.2) is 11.4 Å². The number of thiazole rings is 1. The van der Waals surface area contributed by atoms with Crippen molar-refractivity contribution in [1.29, 1.82) is 0 Å². The normalized spacial score (nSPS) is 19.4. The quantitative estimate of drug-likeness (QED) is 0.215. The van der Waals surface area contributed by atoms with Crippen molar-refractivity contribution in [3.05, 3.63) is 135 Å². The molecule has 0 spiro atoms. The molecule has 216 valence electrons. The molecule has 3 unspecified atom stereocenters. The Hall–Kier alpha value is -4.98. The van der Waals surface area contributed by atoms with E-state index in [0.29, 0.717) is 5.56 Å². The van der Waals surface area contributed by atoms with Crippen LogP contribution in [0.2, 0.25) is 0 Å². The van der Waals surface area contributed by atoms with Gasteiger partial charge in [0.05, 0.1) is 5.69 Å². The Labute approximate surface area is 250 Å². The van der Waals surface area contributed by atoms with E-state index in [1.54, 1.807) is 23.5 Å². The van der Waals surface area contributed by atoms with Crippen LogP contribution in [0.5, 0.6) is 0 Å². The van der Waals surface area contributed by atoms with Gasteiger partial charge in [-0.25, -0.2) is 23.1 Å².